The van der Waals surface area contributed by atoms with Gasteiger partial charge in [-0.15, -0.1) is 24.0 Å². The second kappa shape index (κ2) is 12.2. The zero-order valence-corrected chi connectivity index (χ0v) is 20.1. The van der Waals surface area contributed by atoms with E-state index in [4.69, 9.17) is 9.26 Å². The lowest BCUT2D eigenvalue weighted by atomic mass is 10.2. The fourth-order valence-electron chi connectivity index (χ4n) is 3.10. The van der Waals surface area contributed by atoms with Crippen LogP contribution in [0.2, 0.25) is 0 Å². The summed E-state index contributed by atoms with van der Waals surface area (Å²) in [7, 11) is -1.69. The van der Waals surface area contributed by atoms with E-state index in [0.29, 0.717) is 51.6 Å². The van der Waals surface area contributed by atoms with Gasteiger partial charge in [0.2, 0.25) is 10.0 Å². The summed E-state index contributed by atoms with van der Waals surface area (Å²) in [6.45, 7) is 3.72. The molecule has 0 spiro atoms. The van der Waals surface area contributed by atoms with Gasteiger partial charge in [0.25, 0.3) is 0 Å². The third-order valence-electron chi connectivity index (χ3n) is 4.61. The van der Waals surface area contributed by atoms with E-state index in [-0.39, 0.29) is 29.7 Å². The van der Waals surface area contributed by atoms with Crippen LogP contribution >= 0.6 is 24.0 Å². The van der Waals surface area contributed by atoms with Crippen molar-refractivity contribution >= 4 is 40.0 Å². The van der Waals surface area contributed by atoms with Gasteiger partial charge in [-0.2, -0.15) is 4.31 Å². The Kier molecular flexibility index (Phi) is 10.0. The Morgan fingerprint density at radius 3 is 2.57 bits per heavy atom. The maximum atomic E-state index is 12.5. The van der Waals surface area contributed by atoms with Crippen LogP contribution < -0.4 is 5.32 Å². The molecular weight excluding hydrogens is 521 g/mol. The van der Waals surface area contributed by atoms with Crippen molar-refractivity contribution in [3.63, 3.8) is 0 Å². The average Bonchev–Trinajstić information content (AvgIpc) is 3.24. The number of hydrogen-bond acceptors (Lipinski definition) is 6. The molecule has 0 amide bonds. The minimum atomic E-state index is -3.41. The van der Waals surface area contributed by atoms with Gasteiger partial charge in [-0.3, -0.25) is 4.99 Å². The first kappa shape index (κ1) is 24.6. The number of aromatic nitrogens is 1. The molecule has 1 aromatic heterocycles. The summed E-state index contributed by atoms with van der Waals surface area (Å²) in [6, 6.07) is 11.6. The molecule has 9 nitrogen and oxygen atoms in total. The molecule has 0 saturated carbocycles. The first-order chi connectivity index (χ1) is 14.1. The van der Waals surface area contributed by atoms with Crippen LogP contribution in [-0.2, 0) is 27.1 Å². The Morgan fingerprint density at radius 2 is 1.93 bits per heavy atom. The summed E-state index contributed by atoms with van der Waals surface area (Å²) in [6.07, 6.45) is 1.38. The van der Waals surface area contributed by atoms with Gasteiger partial charge in [0.1, 0.15) is 12.0 Å². The van der Waals surface area contributed by atoms with Gasteiger partial charge in [0.15, 0.2) is 5.96 Å². The van der Waals surface area contributed by atoms with Crippen LogP contribution in [0.25, 0.3) is 0 Å². The fraction of sp³-hybridized carbons (Fsp3) is 0.474. The van der Waals surface area contributed by atoms with Crippen molar-refractivity contribution in [2.24, 2.45) is 4.99 Å². The number of nitrogens with one attached hydrogen (secondary N) is 1. The number of nitrogens with zero attached hydrogens (tertiary/aromatic N) is 4. The third kappa shape index (κ3) is 7.22. The van der Waals surface area contributed by atoms with E-state index in [0.717, 1.165) is 11.5 Å². The molecule has 1 aliphatic heterocycles. The molecule has 3 rings (SSSR count). The van der Waals surface area contributed by atoms with Crippen molar-refractivity contribution in [2.75, 3.05) is 46.4 Å². The molecule has 0 atom stereocenters. The molecule has 1 fully saturated rings. The van der Waals surface area contributed by atoms with Gasteiger partial charge < -0.3 is 19.5 Å². The monoisotopic (exact) mass is 549 g/mol. The van der Waals surface area contributed by atoms with Crippen LogP contribution in [0, 0.1) is 0 Å². The van der Waals surface area contributed by atoms with Gasteiger partial charge in [-0.1, -0.05) is 35.5 Å². The van der Waals surface area contributed by atoms with Crippen molar-refractivity contribution < 1.29 is 17.7 Å². The number of aliphatic imine (C=N–C) groups is 1. The summed E-state index contributed by atoms with van der Waals surface area (Å²) >= 11 is 0. The second-order valence-electron chi connectivity index (χ2n) is 6.65. The van der Waals surface area contributed by atoms with E-state index in [1.165, 1.54) is 10.6 Å². The van der Waals surface area contributed by atoms with E-state index >= 15 is 0 Å². The molecule has 1 aliphatic rings. The van der Waals surface area contributed by atoms with Gasteiger partial charge >= 0.3 is 0 Å². The van der Waals surface area contributed by atoms with Gasteiger partial charge in [0, 0.05) is 45.8 Å². The Morgan fingerprint density at radius 1 is 1.20 bits per heavy atom. The Balaban J connectivity index is 0.00000320. The third-order valence-corrected chi connectivity index (χ3v) is 6.42. The van der Waals surface area contributed by atoms with Crippen molar-refractivity contribution in [2.45, 2.75) is 12.4 Å². The van der Waals surface area contributed by atoms with Gasteiger partial charge in [0.05, 0.1) is 18.9 Å². The van der Waals surface area contributed by atoms with Gasteiger partial charge in [-0.25, -0.2) is 8.42 Å². The van der Waals surface area contributed by atoms with Crippen LogP contribution in [-0.4, -0.2) is 75.1 Å². The highest BCUT2D eigenvalue weighted by Crippen LogP contribution is 2.12. The van der Waals surface area contributed by atoms with Crippen molar-refractivity contribution in [3.8, 4) is 0 Å². The number of guanidine groups is 1. The lowest BCUT2D eigenvalue weighted by Crippen LogP contribution is -2.54. The Bertz CT molecular complexity index is 870. The maximum Gasteiger partial charge on any atom is 0.220 e. The van der Waals surface area contributed by atoms with E-state index in [1.54, 1.807) is 13.1 Å². The lowest BCUT2D eigenvalue weighted by Gasteiger charge is -2.35. The van der Waals surface area contributed by atoms with Crippen molar-refractivity contribution in [3.05, 3.63) is 53.9 Å². The molecular formula is C19H28IN5O4S. The Labute approximate surface area is 194 Å². The van der Waals surface area contributed by atoms with Crippen LogP contribution in [0.3, 0.4) is 0 Å². The normalized spacial score (nSPS) is 15.6. The predicted octanol–water partition coefficient (Wildman–Crippen LogP) is 1.53. The molecule has 0 bridgehead atoms. The highest BCUT2D eigenvalue weighted by atomic mass is 127. The highest BCUT2D eigenvalue weighted by Gasteiger charge is 2.28. The molecule has 0 radical (unpaired) electrons. The number of halogens is 1. The molecule has 0 unspecified atom stereocenters. The number of hydrogen-bond donors (Lipinski definition) is 1. The summed E-state index contributed by atoms with van der Waals surface area (Å²) < 4.78 is 36.9. The number of piperazine rings is 1. The maximum absolute atomic E-state index is 12.5. The zero-order chi connectivity index (χ0) is 20.5. The van der Waals surface area contributed by atoms with E-state index < -0.39 is 10.0 Å². The summed E-state index contributed by atoms with van der Waals surface area (Å²) in [5.74, 6) is 0.608. The van der Waals surface area contributed by atoms with Crippen molar-refractivity contribution in [1.29, 1.82) is 0 Å². The number of sulfonamides is 1. The molecule has 30 heavy (non-hydrogen) atoms. The molecule has 11 heteroatoms. The van der Waals surface area contributed by atoms with Gasteiger partial charge in [-0.05, 0) is 5.56 Å². The predicted molar refractivity (Wildman–Crippen MR) is 125 cm³/mol. The van der Waals surface area contributed by atoms with Crippen LogP contribution in [0.15, 0.2) is 52.2 Å². The SMILES string of the molecule is CN=C(NCCOCc1ccccc1)N1CCN(S(=O)(=O)Cc2ccon2)CC1.I. The topological polar surface area (TPSA) is 100 Å². The number of rotatable bonds is 8. The smallest absolute Gasteiger partial charge is 0.220 e. The molecule has 0 aliphatic carbocycles. The molecule has 166 valence electrons. The minimum absolute atomic E-state index is 0. The van der Waals surface area contributed by atoms with E-state index in [1.807, 2.05) is 30.3 Å². The number of ether oxygens (including phenoxy) is 1. The highest BCUT2D eigenvalue weighted by molar-refractivity contribution is 14.0. The second-order valence-corrected chi connectivity index (χ2v) is 8.61. The molecule has 1 aromatic carbocycles. The molecule has 2 heterocycles. The summed E-state index contributed by atoms with van der Waals surface area (Å²) in [5, 5.41) is 6.96. The average molecular weight is 549 g/mol. The molecule has 1 saturated heterocycles. The largest absolute Gasteiger partial charge is 0.375 e. The number of benzene rings is 1. The quantitative estimate of drug-likeness (QED) is 0.231. The molecule has 2 aromatic rings. The first-order valence-corrected chi connectivity index (χ1v) is 11.1. The summed E-state index contributed by atoms with van der Waals surface area (Å²) in [4.78, 5) is 6.36. The van der Waals surface area contributed by atoms with Crippen LogP contribution in [0.5, 0.6) is 0 Å². The standard InChI is InChI=1S/C19H27N5O4S.HI/c1-20-19(21-8-14-27-15-17-5-3-2-4-6-17)23-9-11-24(12-10-23)29(25,26)16-18-7-13-28-22-18;/h2-7,13H,8-12,14-16H2,1H3,(H,20,21);1H. The first-order valence-electron chi connectivity index (χ1n) is 9.53. The zero-order valence-electron chi connectivity index (χ0n) is 16.9. The van der Waals surface area contributed by atoms with E-state index in [2.05, 4.69) is 20.4 Å². The molecule has 1 N–H and O–H groups in total. The van der Waals surface area contributed by atoms with Crippen molar-refractivity contribution in [1.82, 2.24) is 19.7 Å². The van der Waals surface area contributed by atoms with Crippen LogP contribution in [0.4, 0.5) is 0 Å². The lowest BCUT2D eigenvalue weighted by molar-refractivity contribution is 0.124. The minimum Gasteiger partial charge on any atom is -0.375 e. The Hall–Kier alpha value is -1.70. The summed E-state index contributed by atoms with van der Waals surface area (Å²) in [5.41, 5.74) is 1.56. The van der Waals surface area contributed by atoms with Crippen LogP contribution in [0.1, 0.15) is 11.3 Å². The fourth-order valence-corrected chi connectivity index (χ4v) is 4.52. The van der Waals surface area contributed by atoms with E-state index in [9.17, 15) is 8.42 Å².